The predicted octanol–water partition coefficient (Wildman–Crippen LogP) is 14.3. The first-order chi connectivity index (χ1) is 25.4. The van der Waals surface area contributed by atoms with Crippen LogP contribution >= 0.6 is 0 Å². The number of unbranched alkanes of at least 4 members (excludes halogenated alkanes) is 28. The van der Waals surface area contributed by atoms with Gasteiger partial charge in [-0.15, -0.1) is 0 Å². The van der Waals surface area contributed by atoms with E-state index in [2.05, 4.69) is 27.7 Å². The highest BCUT2D eigenvalue weighted by Gasteiger charge is 2.19. The van der Waals surface area contributed by atoms with Crippen molar-refractivity contribution in [2.24, 2.45) is 5.92 Å². The molecule has 1 atom stereocenters. The summed E-state index contributed by atoms with van der Waals surface area (Å²) in [7, 11) is 0. The van der Waals surface area contributed by atoms with Crippen LogP contribution in [0.4, 0.5) is 0 Å². The zero-order chi connectivity index (χ0) is 38.2. The minimum atomic E-state index is -0.758. The molecule has 0 aromatic heterocycles. The molecular weight excluding hydrogens is 648 g/mol. The van der Waals surface area contributed by atoms with Crippen LogP contribution in [0.3, 0.4) is 0 Å². The van der Waals surface area contributed by atoms with Gasteiger partial charge in [0.25, 0.3) is 0 Å². The highest BCUT2D eigenvalue weighted by molar-refractivity contribution is 5.71. The van der Waals surface area contributed by atoms with Gasteiger partial charge in [-0.2, -0.15) is 0 Å². The molecule has 0 aliphatic heterocycles. The van der Waals surface area contributed by atoms with E-state index in [0.717, 1.165) is 70.1 Å². The van der Waals surface area contributed by atoms with E-state index in [0.29, 0.717) is 19.3 Å². The Bertz CT molecular complexity index is 781. The van der Waals surface area contributed by atoms with Gasteiger partial charge in [-0.25, -0.2) is 0 Å². The maximum absolute atomic E-state index is 12.7. The zero-order valence-electron chi connectivity index (χ0n) is 35.3. The molecule has 6 nitrogen and oxygen atoms in total. The van der Waals surface area contributed by atoms with Gasteiger partial charge in [0, 0.05) is 19.3 Å². The third kappa shape index (κ3) is 39.6. The predicted molar refractivity (Wildman–Crippen MR) is 220 cm³/mol. The Balaban J connectivity index is 4.11. The number of ether oxygens (including phenoxy) is 3. The van der Waals surface area contributed by atoms with Crippen molar-refractivity contribution < 1.29 is 28.6 Å². The van der Waals surface area contributed by atoms with E-state index in [1.54, 1.807) is 0 Å². The molecule has 0 heterocycles. The van der Waals surface area contributed by atoms with Gasteiger partial charge in [-0.1, -0.05) is 214 Å². The summed E-state index contributed by atoms with van der Waals surface area (Å²) in [6.45, 7) is 8.87. The molecule has 0 aliphatic rings. The van der Waals surface area contributed by atoms with Gasteiger partial charge in [0.2, 0.25) is 0 Å². The molecule has 6 heteroatoms. The van der Waals surface area contributed by atoms with Gasteiger partial charge in [0.15, 0.2) is 6.10 Å². The van der Waals surface area contributed by atoms with Crippen LogP contribution in [0.2, 0.25) is 0 Å². The number of hydrogen-bond donors (Lipinski definition) is 0. The van der Waals surface area contributed by atoms with Crippen LogP contribution in [0.1, 0.15) is 252 Å². The van der Waals surface area contributed by atoms with E-state index in [4.69, 9.17) is 14.2 Å². The summed E-state index contributed by atoms with van der Waals surface area (Å²) in [6, 6.07) is 0. The largest absolute Gasteiger partial charge is 0.462 e. The molecule has 0 fully saturated rings. The lowest BCUT2D eigenvalue weighted by Gasteiger charge is -2.18. The average molecular weight is 737 g/mol. The third-order valence-electron chi connectivity index (χ3n) is 10.3. The molecule has 0 spiro atoms. The normalized spacial score (nSPS) is 11.9. The molecule has 0 N–H and O–H groups in total. The summed E-state index contributed by atoms with van der Waals surface area (Å²) >= 11 is 0. The molecule has 0 saturated heterocycles. The molecule has 0 bridgehead atoms. The molecule has 0 amide bonds. The number of hydrogen-bond acceptors (Lipinski definition) is 6. The molecule has 0 aliphatic carbocycles. The number of rotatable bonds is 41. The van der Waals surface area contributed by atoms with E-state index < -0.39 is 6.10 Å². The Morgan fingerprint density at radius 3 is 0.942 bits per heavy atom. The second kappa shape index (κ2) is 40.6. The maximum atomic E-state index is 12.7. The molecule has 52 heavy (non-hydrogen) atoms. The van der Waals surface area contributed by atoms with E-state index in [1.165, 1.54) is 141 Å². The van der Waals surface area contributed by atoms with Crippen LogP contribution in [0.15, 0.2) is 0 Å². The first-order valence-electron chi connectivity index (χ1n) is 22.9. The van der Waals surface area contributed by atoms with E-state index in [-0.39, 0.29) is 31.1 Å². The topological polar surface area (TPSA) is 78.9 Å². The lowest BCUT2D eigenvalue weighted by Crippen LogP contribution is -2.30. The highest BCUT2D eigenvalue weighted by Crippen LogP contribution is 2.16. The summed E-state index contributed by atoms with van der Waals surface area (Å²) in [4.78, 5) is 37.4. The molecule has 0 rings (SSSR count). The molecular formula is C46H88O6. The van der Waals surface area contributed by atoms with Crippen molar-refractivity contribution >= 4 is 17.9 Å². The first kappa shape index (κ1) is 50.4. The lowest BCUT2D eigenvalue weighted by atomic mass is 10.0. The van der Waals surface area contributed by atoms with Crippen molar-refractivity contribution in [1.29, 1.82) is 0 Å². The van der Waals surface area contributed by atoms with E-state index >= 15 is 0 Å². The summed E-state index contributed by atoms with van der Waals surface area (Å²) in [5.41, 5.74) is 0. The van der Waals surface area contributed by atoms with Gasteiger partial charge >= 0.3 is 17.9 Å². The minimum absolute atomic E-state index is 0.0661. The second-order valence-corrected chi connectivity index (χ2v) is 16.2. The summed E-state index contributed by atoms with van der Waals surface area (Å²) < 4.78 is 16.6. The van der Waals surface area contributed by atoms with Gasteiger partial charge in [-0.3, -0.25) is 14.4 Å². The molecule has 308 valence electrons. The zero-order valence-corrected chi connectivity index (χ0v) is 35.3. The third-order valence-corrected chi connectivity index (χ3v) is 10.3. The SMILES string of the molecule is CCCCCCCCCCCCCCCCCCCCCC(=O)O[C@@H](COC(=O)CCCCCCC)COC(=O)CCCCCCCCCC(C)C. The molecule has 0 aromatic rings. The Kier molecular flexibility index (Phi) is 39.4. The average Bonchev–Trinajstić information content (AvgIpc) is 3.12. The van der Waals surface area contributed by atoms with Crippen molar-refractivity contribution in [2.75, 3.05) is 13.2 Å². The van der Waals surface area contributed by atoms with Crippen LogP contribution in [-0.4, -0.2) is 37.2 Å². The Hall–Kier alpha value is -1.59. The fourth-order valence-corrected chi connectivity index (χ4v) is 6.80. The van der Waals surface area contributed by atoms with Crippen LogP contribution in [0.25, 0.3) is 0 Å². The van der Waals surface area contributed by atoms with Crippen LogP contribution in [0.5, 0.6) is 0 Å². The van der Waals surface area contributed by atoms with Crippen molar-refractivity contribution in [3.8, 4) is 0 Å². The fourth-order valence-electron chi connectivity index (χ4n) is 6.80. The van der Waals surface area contributed by atoms with Gasteiger partial charge in [-0.05, 0) is 25.2 Å². The number of carbonyl (C=O) groups excluding carboxylic acids is 3. The van der Waals surface area contributed by atoms with E-state index in [9.17, 15) is 14.4 Å². The van der Waals surface area contributed by atoms with Gasteiger partial charge in [0.05, 0.1) is 0 Å². The van der Waals surface area contributed by atoms with Crippen molar-refractivity contribution in [3.05, 3.63) is 0 Å². The summed E-state index contributed by atoms with van der Waals surface area (Å²) in [5.74, 6) is -0.0900. The van der Waals surface area contributed by atoms with Crippen LogP contribution < -0.4 is 0 Å². The summed E-state index contributed by atoms with van der Waals surface area (Å²) in [5, 5.41) is 0. The van der Waals surface area contributed by atoms with Gasteiger partial charge in [0.1, 0.15) is 13.2 Å². The van der Waals surface area contributed by atoms with Crippen molar-refractivity contribution in [3.63, 3.8) is 0 Å². The second-order valence-electron chi connectivity index (χ2n) is 16.2. The number of carbonyl (C=O) groups is 3. The summed E-state index contributed by atoms with van der Waals surface area (Å²) in [6.07, 6.45) is 39.9. The van der Waals surface area contributed by atoms with E-state index in [1.807, 2.05) is 0 Å². The monoisotopic (exact) mass is 737 g/mol. The molecule has 0 aromatic carbocycles. The molecule has 0 unspecified atom stereocenters. The first-order valence-corrected chi connectivity index (χ1v) is 22.9. The lowest BCUT2D eigenvalue weighted by molar-refractivity contribution is -0.167. The highest BCUT2D eigenvalue weighted by atomic mass is 16.6. The van der Waals surface area contributed by atoms with Crippen molar-refractivity contribution in [1.82, 2.24) is 0 Å². The molecule has 0 radical (unpaired) electrons. The fraction of sp³-hybridized carbons (Fsp3) is 0.935. The Morgan fingerprint density at radius 2 is 0.635 bits per heavy atom. The quantitative estimate of drug-likeness (QED) is 0.0353. The maximum Gasteiger partial charge on any atom is 0.306 e. The Labute approximate surface area is 323 Å². The minimum Gasteiger partial charge on any atom is -0.462 e. The van der Waals surface area contributed by atoms with Gasteiger partial charge < -0.3 is 14.2 Å². The number of esters is 3. The standard InChI is InChI=1S/C46H88O6/c1-5-7-9-11-12-13-14-15-16-17-18-19-20-21-22-23-26-31-35-39-46(49)52-43(40-50-44(47)37-33-28-10-8-6-2)41-51-45(48)38-34-30-27-24-25-29-32-36-42(3)4/h42-43H,5-41H2,1-4H3/t43-/m0/s1. The van der Waals surface area contributed by atoms with Crippen LogP contribution in [-0.2, 0) is 28.6 Å². The Morgan fingerprint density at radius 1 is 0.365 bits per heavy atom. The smallest absolute Gasteiger partial charge is 0.306 e. The van der Waals surface area contributed by atoms with Crippen molar-refractivity contribution in [2.45, 2.75) is 259 Å². The molecule has 0 saturated carbocycles. The van der Waals surface area contributed by atoms with Crippen LogP contribution in [0, 0.1) is 5.92 Å².